The first-order valence-electron chi connectivity index (χ1n) is 8.55. The summed E-state index contributed by atoms with van der Waals surface area (Å²) in [6.45, 7) is 8.22. The van der Waals surface area contributed by atoms with Crippen molar-refractivity contribution in [3.8, 4) is 0 Å². The number of aromatic amines is 1. The average Bonchev–Trinajstić information content (AvgIpc) is 2.99. The molecule has 0 bridgehead atoms. The molecular weight excluding hydrogens is 364 g/mol. The summed E-state index contributed by atoms with van der Waals surface area (Å²) < 4.78 is 1.47. The van der Waals surface area contributed by atoms with Crippen molar-refractivity contribution in [3.63, 3.8) is 0 Å². The zero-order valence-corrected chi connectivity index (χ0v) is 16.6. The third-order valence-corrected chi connectivity index (χ3v) is 4.82. The summed E-state index contributed by atoms with van der Waals surface area (Å²) in [6, 6.07) is 8.00. The Kier molecular flexibility index (Phi) is 5.31. The number of aryl methyl sites for hydroxylation is 1. The van der Waals surface area contributed by atoms with E-state index in [1.807, 2.05) is 52.0 Å². The number of carbonyl (C=O) groups excluding carboxylic acids is 1. The Morgan fingerprint density at radius 1 is 1.22 bits per heavy atom. The molecule has 3 aromatic rings. The van der Waals surface area contributed by atoms with Gasteiger partial charge in [-0.25, -0.2) is 0 Å². The zero-order valence-electron chi connectivity index (χ0n) is 15.7. The van der Waals surface area contributed by atoms with Gasteiger partial charge >= 0.3 is 0 Å². The van der Waals surface area contributed by atoms with E-state index >= 15 is 0 Å². The molecule has 3 rings (SSSR count). The van der Waals surface area contributed by atoms with Crippen molar-refractivity contribution in [2.45, 2.75) is 44.8 Å². The van der Waals surface area contributed by atoms with E-state index in [1.54, 1.807) is 0 Å². The van der Waals surface area contributed by atoms with Crippen molar-refractivity contribution in [3.05, 3.63) is 51.4 Å². The van der Waals surface area contributed by atoms with Crippen LogP contribution in [-0.4, -0.2) is 36.5 Å². The van der Waals surface area contributed by atoms with Gasteiger partial charge < -0.3 is 5.32 Å². The topological polar surface area (TPSA) is 105 Å². The van der Waals surface area contributed by atoms with Crippen molar-refractivity contribution in [2.75, 3.05) is 5.75 Å². The molecule has 2 aromatic heterocycles. The Morgan fingerprint density at radius 2 is 1.93 bits per heavy atom. The highest BCUT2D eigenvalue weighted by molar-refractivity contribution is 7.99. The van der Waals surface area contributed by atoms with E-state index in [1.165, 1.54) is 21.8 Å². The summed E-state index contributed by atoms with van der Waals surface area (Å²) in [5.74, 6) is 0.326. The molecule has 2 N–H and O–H groups in total. The van der Waals surface area contributed by atoms with Gasteiger partial charge in [-0.3, -0.25) is 14.6 Å². The molecule has 8 nitrogen and oxygen atoms in total. The number of hydrogen-bond donors (Lipinski definition) is 2. The van der Waals surface area contributed by atoms with Crippen LogP contribution in [0, 0.1) is 6.92 Å². The largest absolute Gasteiger partial charge is 0.351 e. The van der Waals surface area contributed by atoms with Gasteiger partial charge in [-0.15, -0.1) is 10.2 Å². The van der Waals surface area contributed by atoms with Crippen LogP contribution in [0.2, 0.25) is 0 Å². The van der Waals surface area contributed by atoms with Crippen LogP contribution in [0.5, 0.6) is 0 Å². The van der Waals surface area contributed by atoms with Crippen molar-refractivity contribution < 1.29 is 4.79 Å². The normalized spacial score (nSPS) is 11.7. The number of H-pyrrole nitrogens is 1. The highest BCUT2D eigenvalue weighted by atomic mass is 32.2. The summed E-state index contributed by atoms with van der Waals surface area (Å²) in [5, 5.41) is 15.7. The van der Waals surface area contributed by atoms with Crippen molar-refractivity contribution in [2.24, 2.45) is 0 Å². The van der Waals surface area contributed by atoms with Crippen LogP contribution < -0.4 is 10.9 Å². The summed E-state index contributed by atoms with van der Waals surface area (Å²) in [5.41, 5.74) is 1.91. The maximum atomic E-state index is 12.1. The number of hydrogen-bond acceptors (Lipinski definition) is 6. The second-order valence-corrected chi connectivity index (χ2v) is 8.26. The molecule has 27 heavy (non-hydrogen) atoms. The number of thioether (sulfide) groups is 1. The van der Waals surface area contributed by atoms with E-state index in [0.29, 0.717) is 17.4 Å². The maximum absolute atomic E-state index is 12.1. The number of fused-ring (bicyclic) bond motifs is 1. The average molecular weight is 386 g/mol. The second kappa shape index (κ2) is 7.51. The molecule has 2 heterocycles. The summed E-state index contributed by atoms with van der Waals surface area (Å²) in [7, 11) is 0. The van der Waals surface area contributed by atoms with E-state index in [2.05, 4.69) is 25.6 Å². The first-order chi connectivity index (χ1) is 12.7. The predicted octanol–water partition coefficient (Wildman–Crippen LogP) is 1.83. The minimum atomic E-state index is -0.417. The van der Waals surface area contributed by atoms with Gasteiger partial charge in [0.25, 0.3) is 11.3 Å². The van der Waals surface area contributed by atoms with E-state index in [0.717, 1.165) is 5.56 Å². The smallest absolute Gasteiger partial charge is 0.274 e. The molecule has 9 heteroatoms. The highest BCUT2D eigenvalue weighted by Gasteiger charge is 2.22. The Bertz CT molecular complexity index is 1020. The summed E-state index contributed by atoms with van der Waals surface area (Å²) in [6.07, 6.45) is 0. The van der Waals surface area contributed by atoms with Crippen LogP contribution in [0.1, 0.15) is 37.6 Å². The molecule has 0 aliphatic carbocycles. The fraction of sp³-hybridized carbons (Fsp3) is 0.389. The quantitative estimate of drug-likeness (QED) is 0.648. The van der Waals surface area contributed by atoms with Crippen molar-refractivity contribution in [1.82, 2.24) is 30.1 Å². The number of aromatic nitrogens is 5. The van der Waals surface area contributed by atoms with Gasteiger partial charge in [-0.1, -0.05) is 62.4 Å². The fourth-order valence-electron chi connectivity index (χ4n) is 2.41. The zero-order chi connectivity index (χ0) is 19.6. The molecule has 0 radical (unpaired) electrons. The van der Waals surface area contributed by atoms with Crippen molar-refractivity contribution >= 4 is 23.4 Å². The molecule has 0 fully saturated rings. The number of nitrogens with zero attached hydrogens (tertiary/aromatic N) is 4. The molecule has 0 aliphatic rings. The molecular formula is C18H22N6O2S. The van der Waals surface area contributed by atoms with Crippen LogP contribution in [0.3, 0.4) is 0 Å². The number of carbonyl (C=O) groups is 1. The van der Waals surface area contributed by atoms with Crippen LogP contribution in [-0.2, 0) is 16.8 Å². The minimum absolute atomic E-state index is 0.113. The van der Waals surface area contributed by atoms with E-state index in [4.69, 9.17) is 0 Å². The van der Waals surface area contributed by atoms with Gasteiger partial charge in [0.15, 0.2) is 0 Å². The molecule has 0 unspecified atom stereocenters. The molecule has 0 saturated carbocycles. The van der Waals surface area contributed by atoms with Gasteiger partial charge in [-0.05, 0) is 12.5 Å². The molecule has 1 aromatic carbocycles. The molecule has 0 spiro atoms. The third kappa shape index (κ3) is 4.54. The number of benzene rings is 1. The van der Waals surface area contributed by atoms with Crippen molar-refractivity contribution in [1.29, 1.82) is 0 Å². The van der Waals surface area contributed by atoms with Crippen LogP contribution in [0.15, 0.2) is 34.2 Å². The number of amides is 1. The van der Waals surface area contributed by atoms with Gasteiger partial charge in [0.05, 0.1) is 5.75 Å². The van der Waals surface area contributed by atoms with Gasteiger partial charge in [0, 0.05) is 12.0 Å². The summed E-state index contributed by atoms with van der Waals surface area (Å²) in [4.78, 5) is 26.9. The molecule has 1 amide bonds. The Balaban J connectivity index is 1.67. The van der Waals surface area contributed by atoms with Gasteiger partial charge in [0.2, 0.25) is 11.1 Å². The highest BCUT2D eigenvalue weighted by Crippen LogP contribution is 2.18. The Morgan fingerprint density at radius 3 is 2.59 bits per heavy atom. The van der Waals surface area contributed by atoms with Crippen LogP contribution in [0.25, 0.3) is 5.78 Å². The first kappa shape index (κ1) is 19.1. The van der Waals surface area contributed by atoms with Crippen LogP contribution in [0.4, 0.5) is 0 Å². The Labute approximate surface area is 160 Å². The molecule has 0 saturated heterocycles. The van der Waals surface area contributed by atoms with Gasteiger partial charge in [0.1, 0.15) is 5.69 Å². The van der Waals surface area contributed by atoms with E-state index < -0.39 is 5.41 Å². The monoisotopic (exact) mass is 386 g/mol. The lowest BCUT2D eigenvalue weighted by Crippen LogP contribution is -2.28. The molecule has 142 valence electrons. The molecule has 0 atom stereocenters. The predicted molar refractivity (Wildman–Crippen MR) is 104 cm³/mol. The van der Waals surface area contributed by atoms with Gasteiger partial charge in [-0.2, -0.15) is 9.61 Å². The lowest BCUT2D eigenvalue weighted by atomic mass is 9.93. The summed E-state index contributed by atoms with van der Waals surface area (Å²) >= 11 is 1.22. The van der Waals surface area contributed by atoms with E-state index in [9.17, 15) is 9.59 Å². The molecule has 0 aliphatic heterocycles. The first-order valence-corrected chi connectivity index (χ1v) is 9.54. The lowest BCUT2D eigenvalue weighted by Gasteiger charge is -2.15. The van der Waals surface area contributed by atoms with Crippen LogP contribution >= 0.6 is 11.8 Å². The van der Waals surface area contributed by atoms with E-state index in [-0.39, 0.29) is 23.0 Å². The number of rotatable bonds is 5. The Hall–Kier alpha value is -2.68. The lowest BCUT2D eigenvalue weighted by molar-refractivity contribution is -0.118. The standard InChI is InChI=1S/C18H22N6O2S/c1-11-5-7-12(8-6-11)9-19-13(25)10-27-17-22-21-16-20-15(26)14(18(2,3)4)23-24(16)17/h5-8H,9-10H2,1-4H3,(H,19,25)(H,20,21,26). The fourth-order valence-corrected chi connectivity index (χ4v) is 3.12. The third-order valence-electron chi connectivity index (χ3n) is 3.91. The SMILES string of the molecule is Cc1ccc(CNC(=O)CSc2nnc3[nH]c(=O)c(C(C)(C)C)nn23)cc1. The maximum Gasteiger partial charge on any atom is 0.274 e. The minimum Gasteiger partial charge on any atom is -0.351 e. The second-order valence-electron chi connectivity index (χ2n) is 7.32. The number of nitrogens with one attached hydrogen (secondary N) is 2.